The summed E-state index contributed by atoms with van der Waals surface area (Å²) in [6, 6.07) is 4.30. The molecule has 0 aliphatic carbocycles. The van der Waals surface area contributed by atoms with E-state index < -0.39 is 0 Å². The molecule has 0 aromatic carbocycles. The first-order valence-electron chi connectivity index (χ1n) is 6.65. The van der Waals surface area contributed by atoms with Gasteiger partial charge in [0.05, 0.1) is 9.75 Å². The maximum Gasteiger partial charge on any atom is 0.264 e. The number of carbonyl (C=O) groups is 1. The number of piperidine rings is 1. The molecule has 2 heterocycles. The summed E-state index contributed by atoms with van der Waals surface area (Å²) in [7, 11) is 0. The third kappa shape index (κ3) is 3.17. The van der Waals surface area contributed by atoms with Crippen LogP contribution in [0.3, 0.4) is 0 Å². The molecule has 1 aliphatic rings. The summed E-state index contributed by atoms with van der Waals surface area (Å²) in [5.41, 5.74) is 0. The molecule has 1 aromatic rings. The van der Waals surface area contributed by atoms with Crippen molar-refractivity contribution in [2.24, 2.45) is 0 Å². The lowest BCUT2D eigenvalue weighted by Crippen LogP contribution is -2.47. The first-order chi connectivity index (χ1) is 9.13. The van der Waals surface area contributed by atoms with E-state index in [1.165, 1.54) is 17.8 Å². The second-order valence-corrected chi connectivity index (χ2v) is 6.05. The van der Waals surface area contributed by atoms with Crippen LogP contribution in [-0.2, 0) is 0 Å². The van der Waals surface area contributed by atoms with Gasteiger partial charge in [-0.1, -0.05) is 11.8 Å². The Morgan fingerprint density at radius 1 is 1.42 bits per heavy atom. The maximum absolute atomic E-state index is 12.5. The fraction of sp³-hybridized carbons (Fsp3) is 0.533. The highest BCUT2D eigenvalue weighted by molar-refractivity contribution is 7.14. The minimum Gasteiger partial charge on any atom is -0.384 e. The van der Waals surface area contributed by atoms with Gasteiger partial charge in [0, 0.05) is 12.1 Å². The molecule has 2 atom stereocenters. The molecule has 1 amide bonds. The summed E-state index contributed by atoms with van der Waals surface area (Å²) in [5, 5.41) is 8.67. The van der Waals surface area contributed by atoms with Gasteiger partial charge in [-0.25, -0.2) is 0 Å². The number of carbonyl (C=O) groups excluding carboxylic acids is 1. The Morgan fingerprint density at radius 3 is 2.74 bits per heavy atom. The maximum atomic E-state index is 12.5. The molecule has 1 fully saturated rings. The highest BCUT2D eigenvalue weighted by Gasteiger charge is 2.30. The zero-order valence-electron chi connectivity index (χ0n) is 11.3. The van der Waals surface area contributed by atoms with Crippen LogP contribution in [0.5, 0.6) is 0 Å². The Morgan fingerprint density at radius 2 is 2.11 bits per heavy atom. The van der Waals surface area contributed by atoms with Crippen molar-refractivity contribution < 1.29 is 9.90 Å². The summed E-state index contributed by atoms with van der Waals surface area (Å²) < 4.78 is 0. The average Bonchev–Trinajstić information content (AvgIpc) is 2.84. The van der Waals surface area contributed by atoms with E-state index in [1.54, 1.807) is 0 Å². The Labute approximate surface area is 118 Å². The SMILES string of the molecule is CC1CCCC(C)N1C(=O)c1ccc(C#CCO)s1. The summed E-state index contributed by atoms with van der Waals surface area (Å²) in [6.07, 6.45) is 3.36. The van der Waals surface area contributed by atoms with Gasteiger partial charge in [0.25, 0.3) is 5.91 Å². The van der Waals surface area contributed by atoms with Crippen LogP contribution >= 0.6 is 11.3 Å². The predicted octanol–water partition coefficient (Wildman–Crippen LogP) is 2.50. The fourth-order valence-electron chi connectivity index (χ4n) is 2.60. The lowest BCUT2D eigenvalue weighted by molar-refractivity contribution is 0.0516. The van der Waals surface area contributed by atoms with Crippen molar-refractivity contribution in [1.29, 1.82) is 0 Å². The molecular weight excluding hydrogens is 258 g/mol. The lowest BCUT2D eigenvalue weighted by Gasteiger charge is -2.38. The first-order valence-corrected chi connectivity index (χ1v) is 7.47. The van der Waals surface area contributed by atoms with Crippen LogP contribution in [0.25, 0.3) is 0 Å². The fourth-order valence-corrected chi connectivity index (χ4v) is 3.42. The minimum atomic E-state index is -0.151. The molecule has 2 rings (SSSR count). The average molecular weight is 277 g/mol. The van der Waals surface area contributed by atoms with E-state index in [9.17, 15) is 4.79 Å². The number of thiophene rings is 1. The van der Waals surface area contributed by atoms with Gasteiger partial charge in [0.15, 0.2) is 0 Å². The van der Waals surface area contributed by atoms with Crippen molar-refractivity contribution >= 4 is 17.2 Å². The van der Waals surface area contributed by atoms with Gasteiger partial charge in [0.2, 0.25) is 0 Å². The molecule has 0 saturated carbocycles. The molecule has 19 heavy (non-hydrogen) atoms. The normalized spacial score (nSPS) is 22.8. The Hall–Kier alpha value is -1.31. The van der Waals surface area contributed by atoms with E-state index in [4.69, 9.17) is 5.11 Å². The summed E-state index contributed by atoms with van der Waals surface area (Å²) in [5.74, 6) is 5.56. The van der Waals surface area contributed by atoms with Crippen LogP contribution in [0.4, 0.5) is 0 Å². The van der Waals surface area contributed by atoms with Gasteiger partial charge in [-0.2, -0.15) is 0 Å². The van der Waals surface area contributed by atoms with Crippen molar-refractivity contribution in [2.45, 2.75) is 45.2 Å². The van der Waals surface area contributed by atoms with Gasteiger partial charge in [-0.3, -0.25) is 4.79 Å². The zero-order valence-corrected chi connectivity index (χ0v) is 12.2. The van der Waals surface area contributed by atoms with E-state index in [0.717, 1.165) is 22.6 Å². The molecule has 102 valence electrons. The standard InChI is InChI=1S/C15H19NO2S/c1-11-5-3-6-12(2)16(11)15(18)14-9-8-13(19-14)7-4-10-17/h8-9,11-12,17H,3,5-6,10H2,1-2H3. The topological polar surface area (TPSA) is 40.5 Å². The zero-order chi connectivity index (χ0) is 13.8. The van der Waals surface area contributed by atoms with Crippen molar-refractivity contribution in [3.8, 4) is 11.8 Å². The molecule has 0 spiro atoms. The van der Waals surface area contributed by atoms with E-state index in [0.29, 0.717) is 12.1 Å². The van der Waals surface area contributed by atoms with E-state index in [1.807, 2.05) is 17.0 Å². The summed E-state index contributed by atoms with van der Waals surface area (Å²) in [4.78, 5) is 16.1. The van der Waals surface area contributed by atoms with E-state index in [-0.39, 0.29) is 12.5 Å². The van der Waals surface area contributed by atoms with E-state index in [2.05, 4.69) is 25.7 Å². The van der Waals surface area contributed by atoms with Gasteiger partial charge in [0.1, 0.15) is 6.61 Å². The number of rotatable bonds is 1. The number of likely N-dealkylation sites (tertiary alicyclic amines) is 1. The van der Waals surface area contributed by atoms with Crippen molar-refractivity contribution in [3.63, 3.8) is 0 Å². The van der Waals surface area contributed by atoms with Gasteiger partial charge < -0.3 is 10.0 Å². The molecule has 4 heteroatoms. The third-order valence-corrected chi connectivity index (χ3v) is 4.52. The third-order valence-electron chi connectivity index (χ3n) is 3.54. The number of amides is 1. The van der Waals surface area contributed by atoms with Crippen molar-refractivity contribution in [2.75, 3.05) is 6.61 Å². The number of nitrogens with zero attached hydrogens (tertiary/aromatic N) is 1. The van der Waals surface area contributed by atoms with Crippen molar-refractivity contribution in [3.05, 3.63) is 21.9 Å². The first kappa shape index (κ1) is 14.1. The Bertz CT molecular complexity index is 502. The molecule has 0 radical (unpaired) electrons. The van der Waals surface area contributed by atoms with Crippen LogP contribution in [0.15, 0.2) is 12.1 Å². The summed E-state index contributed by atoms with van der Waals surface area (Å²) in [6.45, 7) is 4.09. The molecule has 1 aromatic heterocycles. The number of hydrogen-bond donors (Lipinski definition) is 1. The van der Waals surface area contributed by atoms with Crippen LogP contribution in [-0.4, -0.2) is 34.6 Å². The van der Waals surface area contributed by atoms with Crippen LogP contribution < -0.4 is 0 Å². The summed E-state index contributed by atoms with van der Waals surface area (Å²) >= 11 is 1.40. The molecule has 0 bridgehead atoms. The lowest BCUT2D eigenvalue weighted by atomic mass is 9.97. The molecular formula is C15H19NO2S. The van der Waals surface area contributed by atoms with Crippen LogP contribution in [0, 0.1) is 11.8 Å². The molecule has 1 aliphatic heterocycles. The van der Waals surface area contributed by atoms with Gasteiger partial charge in [-0.15, -0.1) is 11.3 Å². The number of aliphatic hydroxyl groups excluding tert-OH is 1. The van der Waals surface area contributed by atoms with Crippen molar-refractivity contribution in [1.82, 2.24) is 4.90 Å². The second kappa shape index (κ2) is 6.23. The van der Waals surface area contributed by atoms with Gasteiger partial charge >= 0.3 is 0 Å². The highest BCUT2D eigenvalue weighted by Crippen LogP contribution is 2.26. The van der Waals surface area contributed by atoms with Crippen LogP contribution in [0.1, 0.15) is 47.7 Å². The predicted molar refractivity (Wildman–Crippen MR) is 77.2 cm³/mol. The minimum absolute atomic E-state index is 0.113. The largest absolute Gasteiger partial charge is 0.384 e. The second-order valence-electron chi connectivity index (χ2n) is 4.97. The highest BCUT2D eigenvalue weighted by atomic mass is 32.1. The molecule has 1 saturated heterocycles. The van der Waals surface area contributed by atoms with Crippen LogP contribution in [0.2, 0.25) is 0 Å². The smallest absolute Gasteiger partial charge is 0.264 e. The monoisotopic (exact) mass is 277 g/mol. The molecule has 1 N–H and O–H groups in total. The Balaban J connectivity index is 2.16. The quantitative estimate of drug-likeness (QED) is 0.801. The van der Waals surface area contributed by atoms with E-state index >= 15 is 0 Å². The molecule has 2 unspecified atom stereocenters. The number of aliphatic hydroxyl groups is 1. The van der Waals surface area contributed by atoms with Gasteiger partial charge in [-0.05, 0) is 45.2 Å². The molecule has 3 nitrogen and oxygen atoms in total. The number of hydrogen-bond acceptors (Lipinski definition) is 3. The Kier molecular flexibility index (Phi) is 4.62.